The van der Waals surface area contributed by atoms with E-state index in [0.29, 0.717) is 5.92 Å². The van der Waals surface area contributed by atoms with Crippen LogP contribution in [0.2, 0.25) is 0 Å². The molecule has 4 heteroatoms. The van der Waals surface area contributed by atoms with Gasteiger partial charge in [-0.25, -0.2) is 4.98 Å². The molecule has 0 aliphatic carbocycles. The predicted octanol–water partition coefficient (Wildman–Crippen LogP) is 5.86. The van der Waals surface area contributed by atoms with E-state index < -0.39 is 0 Å². The smallest absolute Gasteiger partial charge is 0.0941 e. The molecular formula is C17H15Br2NS. The van der Waals surface area contributed by atoms with Crippen LogP contribution in [0.3, 0.4) is 0 Å². The third-order valence-corrected chi connectivity index (χ3v) is 6.23. The number of nitrogens with zero attached hydrogens (tertiary/aromatic N) is 1. The lowest BCUT2D eigenvalue weighted by atomic mass is 9.98. The van der Waals surface area contributed by atoms with E-state index in [1.54, 1.807) is 0 Å². The Morgan fingerprint density at radius 2 is 1.76 bits per heavy atom. The van der Waals surface area contributed by atoms with Crippen LogP contribution in [0.1, 0.15) is 10.6 Å². The Labute approximate surface area is 145 Å². The molecule has 1 atom stereocenters. The van der Waals surface area contributed by atoms with Gasteiger partial charge >= 0.3 is 0 Å². The molecule has 0 amide bonds. The number of halogens is 2. The molecule has 0 radical (unpaired) electrons. The summed E-state index contributed by atoms with van der Waals surface area (Å²) in [5, 5.41) is 2.22. The van der Waals surface area contributed by atoms with Crippen LogP contribution in [0.25, 0.3) is 10.2 Å². The second-order valence-electron chi connectivity index (χ2n) is 5.10. The van der Waals surface area contributed by atoms with Gasteiger partial charge in [0.2, 0.25) is 0 Å². The summed E-state index contributed by atoms with van der Waals surface area (Å²) in [6.45, 7) is 0. The third kappa shape index (κ3) is 3.74. The molecule has 21 heavy (non-hydrogen) atoms. The van der Waals surface area contributed by atoms with E-state index >= 15 is 0 Å². The highest BCUT2D eigenvalue weighted by Crippen LogP contribution is 2.27. The zero-order valence-corrected chi connectivity index (χ0v) is 15.4. The lowest BCUT2D eigenvalue weighted by Crippen LogP contribution is -2.10. The lowest BCUT2D eigenvalue weighted by Gasteiger charge is -2.13. The first-order valence-corrected chi connectivity index (χ1v) is 9.63. The Balaban J connectivity index is 1.76. The number of aromatic nitrogens is 1. The van der Waals surface area contributed by atoms with Gasteiger partial charge in [0.15, 0.2) is 0 Å². The number of hydrogen-bond donors (Lipinski definition) is 0. The molecule has 1 heterocycles. The standard InChI is InChI=1S/C17H15Br2NS/c18-11-12(9-13-5-1-2-6-14(13)19)10-17-20-15-7-3-4-8-16(15)21-17/h1-8,12H,9-11H2. The highest BCUT2D eigenvalue weighted by atomic mass is 79.9. The topological polar surface area (TPSA) is 12.9 Å². The van der Waals surface area contributed by atoms with Gasteiger partial charge in [0.25, 0.3) is 0 Å². The summed E-state index contributed by atoms with van der Waals surface area (Å²) in [6, 6.07) is 16.8. The molecule has 0 saturated carbocycles. The second kappa shape index (κ2) is 7.03. The largest absolute Gasteiger partial charge is 0.241 e. The second-order valence-corrected chi connectivity index (χ2v) is 7.71. The Bertz CT molecular complexity index is 705. The maximum Gasteiger partial charge on any atom is 0.0941 e. The van der Waals surface area contributed by atoms with Crippen molar-refractivity contribution in [2.45, 2.75) is 12.8 Å². The van der Waals surface area contributed by atoms with Crippen molar-refractivity contribution in [2.24, 2.45) is 5.92 Å². The van der Waals surface area contributed by atoms with Gasteiger partial charge < -0.3 is 0 Å². The Morgan fingerprint density at radius 1 is 1.00 bits per heavy atom. The highest BCUT2D eigenvalue weighted by Gasteiger charge is 2.14. The molecule has 0 bridgehead atoms. The van der Waals surface area contributed by atoms with Gasteiger partial charge in [-0.15, -0.1) is 11.3 Å². The average Bonchev–Trinajstić information content (AvgIpc) is 2.91. The van der Waals surface area contributed by atoms with E-state index in [0.717, 1.165) is 23.7 Å². The van der Waals surface area contributed by atoms with Crippen molar-refractivity contribution in [1.82, 2.24) is 4.98 Å². The number of alkyl halides is 1. The van der Waals surface area contributed by atoms with Crippen LogP contribution in [0.5, 0.6) is 0 Å². The van der Waals surface area contributed by atoms with Crippen LogP contribution in [0.15, 0.2) is 53.0 Å². The summed E-state index contributed by atoms with van der Waals surface area (Å²) in [4.78, 5) is 4.75. The molecule has 3 rings (SSSR count). The summed E-state index contributed by atoms with van der Waals surface area (Å²) in [6.07, 6.45) is 2.08. The minimum absolute atomic E-state index is 0.560. The quantitative estimate of drug-likeness (QED) is 0.467. The third-order valence-electron chi connectivity index (χ3n) is 3.49. The first-order valence-electron chi connectivity index (χ1n) is 6.90. The van der Waals surface area contributed by atoms with Gasteiger partial charge in [-0.05, 0) is 36.1 Å². The van der Waals surface area contributed by atoms with Crippen molar-refractivity contribution in [3.8, 4) is 0 Å². The number of fused-ring (bicyclic) bond motifs is 1. The molecule has 1 aromatic heterocycles. The molecule has 0 saturated heterocycles. The van der Waals surface area contributed by atoms with Crippen molar-refractivity contribution in [3.05, 3.63) is 63.6 Å². The van der Waals surface area contributed by atoms with Gasteiger partial charge in [-0.1, -0.05) is 62.2 Å². The zero-order chi connectivity index (χ0) is 14.7. The van der Waals surface area contributed by atoms with Crippen molar-refractivity contribution in [3.63, 3.8) is 0 Å². The first kappa shape index (κ1) is 15.2. The Morgan fingerprint density at radius 3 is 2.52 bits per heavy atom. The summed E-state index contributed by atoms with van der Waals surface area (Å²) >= 11 is 9.11. The van der Waals surface area contributed by atoms with Gasteiger partial charge in [0, 0.05) is 16.2 Å². The number of hydrogen-bond acceptors (Lipinski definition) is 2. The Hall–Kier alpha value is -0.710. The summed E-state index contributed by atoms with van der Waals surface area (Å²) in [5.74, 6) is 0.560. The van der Waals surface area contributed by atoms with Crippen LogP contribution < -0.4 is 0 Å². The minimum atomic E-state index is 0.560. The van der Waals surface area contributed by atoms with Crippen molar-refractivity contribution >= 4 is 53.4 Å². The lowest BCUT2D eigenvalue weighted by molar-refractivity contribution is 0.589. The van der Waals surface area contributed by atoms with E-state index in [9.17, 15) is 0 Å². The van der Waals surface area contributed by atoms with Gasteiger partial charge in [0.05, 0.1) is 15.2 Å². The van der Waals surface area contributed by atoms with E-state index in [4.69, 9.17) is 4.98 Å². The average molecular weight is 425 g/mol. The molecule has 108 valence electrons. The number of benzene rings is 2. The normalized spacial score (nSPS) is 12.7. The molecule has 1 unspecified atom stereocenters. The minimum Gasteiger partial charge on any atom is -0.241 e. The van der Waals surface area contributed by atoms with Gasteiger partial charge in [-0.3, -0.25) is 0 Å². The zero-order valence-electron chi connectivity index (χ0n) is 11.4. The van der Waals surface area contributed by atoms with Crippen molar-refractivity contribution in [1.29, 1.82) is 0 Å². The van der Waals surface area contributed by atoms with Gasteiger partial charge in [-0.2, -0.15) is 0 Å². The molecule has 0 fully saturated rings. The number of thiazole rings is 1. The van der Waals surface area contributed by atoms with Crippen LogP contribution in [0.4, 0.5) is 0 Å². The molecule has 0 aliphatic heterocycles. The van der Waals surface area contributed by atoms with E-state index in [2.05, 4.69) is 80.4 Å². The monoisotopic (exact) mass is 423 g/mol. The molecule has 0 aliphatic rings. The predicted molar refractivity (Wildman–Crippen MR) is 98.5 cm³/mol. The fraction of sp³-hybridized carbons (Fsp3) is 0.235. The number of rotatable bonds is 5. The summed E-state index contributed by atoms with van der Waals surface area (Å²) in [7, 11) is 0. The molecule has 2 aromatic carbocycles. The van der Waals surface area contributed by atoms with Gasteiger partial charge in [0.1, 0.15) is 0 Å². The maximum absolute atomic E-state index is 4.75. The van der Waals surface area contributed by atoms with E-state index in [-0.39, 0.29) is 0 Å². The van der Waals surface area contributed by atoms with Crippen LogP contribution in [0, 0.1) is 5.92 Å². The molecular weight excluding hydrogens is 410 g/mol. The SMILES string of the molecule is BrCC(Cc1nc2ccccc2s1)Cc1ccccc1Br. The fourth-order valence-electron chi connectivity index (χ4n) is 2.41. The summed E-state index contributed by atoms with van der Waals surface area (Å²) in [5.41, 5.74) is 2.48. The Kier molecular flexibility index (Phi) is 5.09. The maximum atomic E-state index is 4.75. The van der Waals surface area contributed by atoms with Crippen molar-refractivity contribution < 1.29 is 0 Å². The molecule has 0 spiro atoms. The van der Waals surface area contributed by atoms with E-state index in [1.165, 1.54) is 19.7 Å². The number of para-hydroxylation sites is 1. The van der Waals surface area contributed by atoms with Crippen LogP contribution >= 0.6 is 43.2 Å². The fourth-order valence-corrected chi connectivity index (χ4v) is 4.40. The van der Waals surface area contributed by atoms with Crippen LogP contribution in [-0.2, 0) is 12.8 Å². The van der Waals surface area contributed by atoms with E-state index in [1.807, 2.05) is 11.3 Å². The first-order chi connectivity index (χ1) is 10.3. The van der Waals surface area contributed by atoms with Crippen LogP contribution in [-0.4, -0.2) is 10.3 Å². The molecule has 1 nitrogen and oxygen atoms in total. The molecule has 3 aromatic rings. The van der Waals surface area contributed by atoms with Crippen molar-refractivity contribution in [2.75, 3.05) is 5.33 Å². The summed E-state index contributed by atoms with van der Waals surface area (Å²) < 4.78 is 2.47. The highest BCUT2D eigenvalue weighted by molar-refractivity contribution is 9.10. The molecule has 0 N–H and O–H groups in total.